The first-order valence-electron chi connectivity index (χ1n) is 6.92. The highest BCUT2D eigenvalue weighted by Gasteiger charge is 2.27. The van der Waals surface area contributed by atoms with Gasteiger partial charge in [-0.2, -0.15) is 0 Å². The normalized spacial score (nSPS) is 11.2. The molecule has 110 valence electrons. The molecule has 0 aromatic heterocycles. The molecular weight excluding hydrogens is 254 g/mol. The van der Waals surface area contributed by atoms with Gasteiger partial charge in [-0.1, -0.05) is 51.1 Å². The van der Waals surface area contributed by atoms with Gasteiger partial charge in [0, 0.05) is 13.0 Å². The maximum Gasteiger partial charge on any atom is 0.323 e. The van der Waals surface area contributed by atoms with Crippen LogP contribution in [-0.2, 0) is 15.0 Å². The number of hydrogen-bond acceptors (Lipinski definition) is 2. The molecule has 1 N–H and O–H groups in total. The van der Waals surface area contributed by atoms with Crippen LogP contribution in [0.25, 0.3) is 0 Å². The van der Waals surface area contributed by atoms with Crippen LogP contribution in [0.15, 0.2) is 30.3 Å². The van der Waals surface area contributed by atoms with Gasteiger partial charge in [-0.25, -0.2) is 0 Å². The summed E-state index contributed by atoms with van der Waals surface area (Å²) in [6.07, 6.45) is 1.06. The molecule has 20 heavy (non-hydrogen) atoms. The number of carboxylic acid groups (broad SMARTS) is 1. The lowest BCUT2D eigenvalue weighted by molar-refractivity contribution is -0.145. The van der Waals surface area contributed by atoms with Crippen LogP contribution in [0.5, 0.6) is 0 Å². The van der Waals surface area contributed by atoms with Crippen molar-refractivity contribution in [2.75, 3.05) is 13.1 Å². The third-order valence-corrected chi connectivity index (χ3v) is 3.32. The molecule has 0 spiro atoms. The van der Waals surface area contributed by atoms with E-state index in [1.54, 1.807) is 0 Å². The Balaban J connectivity index is 2.78. The number of amides is 1. The third-order valence-electron chi connectivity index (χ3n) is 3.32. The minimum atomic E-state index is -0.968. The minimum Gasteiger partial charge on any atom is -0.480 e. The van der Waals surface area contributed by atoms with E-state index in [0.717, 1.165) is 12.0 Å². The predicted molar refractivity (Wildman–Crippen MR) is 78.6 cm³/mol. The minimum absolute atomic E-state index is 0.108. The maximum absolute atomic E-state index is 12.3. The van der Waals surface area contributed by atoms with Crippen LogP contribution in [-0.4, -0.2) is 35.0 Å². The highest BCUT2D eigenvalue weighted by Crippen LogP contribution is 2.27. The number of aliphatic carboxylic acids is 1. The van der Waals surface area contributed by atoms with E-state index in [2.05, 4.69) is 0 Å². The SMILES string of the molecule is CCCN(CC(=O)O)C(=O)CC(C)(C)c1ccccc1. The van der Waals surface area contributed by atoms with Gasteiger partial charge in [0.05, 0.1) is 0 Å². The summed E-state index contributed by atoms with van der Waals surface area (Å²) < 4.78 is 0. The van der Waals surface area contributed by atoms with Crippen molar-refractivity contribution in [2.24, 2.45) is 0 Å². The van der Waals surface area contributed by atoms with Gasteiger partial charge in [0.1, 0.15) is 6.54 Å². The Morgan fingerprint density at radius 2 is 1.80 bits per heavy atom. The van der Waals surface area contributed by atoms with E-state index in [1.807, 2.05) is 51.1 Å². The summed E-state index contributed by atoms with van der Waals surface area (Å²) in [6, 6.07) is 9.82. The fourth-order valence-electron chi connectivity index (χ4n) is 2.21. The summed E-state index contributed by atoms with van der Waals surface area (Å²) in [5.74, 6) is -1.08. The second kappa shape index (κ2) is 7.08. The van der Waals surface area contributed by atoms with E-state index in [0.29, 0.717) is 13.0 Å². The van der Waals surface area contributed by atoms with Crippen molar-refractivity contribution in [3.05, 3.63) is 35.9 Å². The van der Waals surface area contributed by atoms with Crippen LogP contribution in [0.4, 0.5) is 0 Å². The summed E-state index contributed by atoms with van der Waals surface area (Å²) in [5, 5.41) is 8.88. The molecule has 1 aromatic rings. The largest absolute Gasteiger partial charge is 0.480 e. The Kier molecular flexibility index (Phi) is 5.74. The van der Waals surface area contributed by atoms with Crippen molar-refractivity contribution in [1.29, 1.82) is 0 Å². The Morgan fingerprint density at radius 1 is 1.20 bits per heavy atom. The fraction of sp³-hybridized carbons (Fsp3) is 0.500. The summed E-state index contributed by atoms with van der Waals surface area (Å²) in [6.45, 7) is 6.20. The molecule has 1 amide bonds. The molecule has 1 rings (SSSR count). The van der Waals surface area contributed by atoms with Crippen LogP contribution in [0.2, 0.25) is 0 Å². The molecule has 4 heteroatoms. The monoisotopic (exact) mass is 277 g/mol. The standard InChI is InChI=1S/C16H23NO3/c1-4-10-17(12-15(19)20)14(18)11-16(2,3)13-8-6-5-7-9-13/h5-9H,4,10-12H2,1-3H3,(H,19,20). The molecule has 0 atom stereocenters. The Labute approximate surface area is 120 Å². The van der Waals surface area contributed by atoms with Crippen molar-refractivity contribution >= 4 is 11.9 Å². The first-order chi connectivity index (χ1) is 9.36. The van der Waals surface area contributed by atoms with Gasteiger partial charge in [-0.15, -0.1) is 0 Å². The third kappa shape index (κ3) is 4.68. The Bertz CT molecular complexity index is 454. The van der Waals surface area contributed by atoms with Crippen LogP contribution in [0.3, 0.4) is 0 Å². The number of nitrogens with zero attached hydrogens (tertiary/aromatic N) is 1. The quantitative estimate of drug-likeness (QED) is 0.833. The zero-order valence-electron chi connectivity index (χ0n) is 12.4. The number of carbonyl (C=O) groups is 2. The summed E-state index contributed by atoms with van der Waals surface area (Å²) in [5.41, 5.74) is 0.781. The van der Waals surface area contributed by atoms with Gasteiger partial charge in [0.2, 0.25) is 5.91 Å². The number of carbonyl (C=O) groups excluding carboxylic acids is 1. The summed E-state index contributed by atoms with van der Waals surface area (Å²) in [7, 11) is 0. The first kappa shape index (κ1) is 16.2. The molecule has 0 aliphatic carbocycles. The molecule has 0 radical (unpaired) electrons. The molecule has 0 unspecified atom stereocenters. The van der Waals surface area contributed by atoms with Gasteiger partial charge in [-0.05, 0) is 17.4 Å². The summed E-state index contributed by atoms with van der Waals surface area (Å²) >= 11 is 0. The number of hydrogen-bond donors (Lipinski definition) is 1. The van der Waals surface area contributed by atoms with Crippen molar-refractivity contribution < 1.29 is 14.7 Å². The molecule has 0 saturated carbocycles. The zero-order valence-corrected chi connectivity index (χ0v) is 12.4. The predicted octanol–water partition coefficient (Wildman–Crippen LogP) is 2.68. The number of carboxylic acids is 1. The second-order valence-electron chi connectivity index (χ2n) is 5.64. The molecule has 4 nitrogen and oxygen atoms in total. The van der Waals surface area contributed by atoms with Gasteiger partial charge >= 0.3 is 5.97 Å². The number of rotatable bonds is 7. The van der Waals surface area contributed by atoms with Gasteiger partial charge in [0.25, 0.3) is 0 Å². The highest BCUT2D eigenvalue weighted by atomic mass is 16.4. The lowest BCUT2D eigenvalue weighted by Gasteiger charge is -2.28. The zero-order chi connectivity index (χ0) is 15.2. The molecule has 0 aliphatic rings. The molecule has 0 aliphatic heterocycles. The molecule has 0 bridgehead atoms. The first-order valence-corrected chi connectivity index (χ1v) is 6.92. The van der Waals surface area contributed by atoms with Crippen LogP contribution < -0.4 is 0 Å². The van der Waals surface area contributed by atoms with E-state index in [9.17, 15) is 9.59 Å². The number of benzene rings is 1. The average molecular weight is 277 g/mol. The van der Waals surface area contributed by atoms with E-state index in [1.165, 1.54) is 4.90 Å². The average Bonchev–Trinajstić information content (AvgIpc) is 2.38. The lowest BCUT2D eigenvalue weighted by Crippen LogP contribution is -2.39. The van der Waals surface area contributed by atoms with Crippen molar-refractivity contribution in [3.8, 4) is 0 Å². The van der Waals surface area contributed by atoms with Gasteiger partial charge in [0.15, 0.2) is 0 Å². The van der Waals surface area contributed by atoms with Gasteiger partial charge in [-0.3, -0.25) is 9.59 Å². The second-order valence-corrected chi connectivity index (χ2v) is 5.64. The van der Waals surface area contributed by atoms with Crippen LogP contribution >= 0.6 is 0 Å². The van der Waals surface area contributed by atoms with Crippen molar-refractivity contribution in [1.82, 2.24) is 4.90 Å². The Hall–Kier alpha value is -1.84. The van der Waals surface area contributed by atoms with Crippen molar-refractivity contribution in [3.63, 3.8) is 0 Å². The summed E-state index contributed by atoms with van der Waals surface area (Å²) in [4.78, 5) is 24.6. The topological polar surface area (TPSA) is 57.6 Å². The van der Waals surface area contributed by atoms with E-state index in [-0.39, 0.29) is 17.9 Å². The maximum atomic E-state index is 12.3. The van der Waals surface area contributed by atoms with Crippen LogP contribution in [0, 0.1) is 0 Å². The molecule has 1 aromatic carbocycles. The van der Waals surface area contributed by atoms with Gasteiger partial charge < -0.3 is 10.0 Å². The smallest absolute Gasteiger partial charge is 0.323 e. The molecule has 0 saturated heterocycles. The Morgan fingerprint density at radius 3 is 2.30 bits per heavy atom. The molecule has 0 heterocycles. The van der Waals surface area contributed by atoms with Crippen molar-refractivity contribution in [2.45, 2.75) is 39.0 Å². The molecule has 0 fully saturated rings. The van der Waals surface area contributed by atoms with E-state index >= 15 is 0 Å². The van der Waals surface area contributed by atoms with E-state index < -0.39 is 5.97 Å². The van der Waals surface area contributed by atoms with E-state index in [4.69, 9.17) is 5.11 Å². The van der Waals surface area contributed by atoms with Crippen LogP contribution in [0.1, 0.15) is 39.2 Å². The lowest BCUT2D eigenvalue weighted by atomic mass is 9.81. The molecular formula is C16H23NO3. The highest BCUT2D eigenvalue weighted by molar-refractivity contribution is 5.82. The fourth-order valence-corrected chi connectivity index (χ4v) is 2.21.